The minimum atomic E-state index is -0.411. The lowest BCUT2D eigenvalue weighted by molar-refractivity contribution is -0.121. The molecular weight excluding hydrogens is 494 g/mol. The average Bonchev–Trinajstić information content (AvgIpc) is 2.70. The first-order valence-electron chi connectivity index (χ1n) is 10.1. The van der Waals surface area contributed by atoms with Crippen LogP contribution in [0.15, 0.2) is 59.6 Å². The van der Waals surface area contributed by atoms with Crippen molar-refractivity contribution in [1.29, 1.82) is 0 Å². The molecule has 3 rings (SSSR count). The molecule has 0 bridgehead atoms. The molecule has 1 unspecified atom stereocenters. The van der Waals surface area contributed by atoms with E-state index in [2.05, 4.69) is 39.9 Å². The molecule has 5 nitrogen and oxygen atoms in total. The second-order valence-corrected chi connectivity index (χ2v) is 7.74. The van der Waals surface area contributed by atoms with Gasteiger partial charge in [0.25, 0.3) is 0 Å². The number of nitrogens with two attached hydrogens (primary N) is 1. The van der Waals surface area contributed by atoms with Crippen molar-refractivity contribution in [2.24, 2.45) is 16.6 Å². The van der Waals surface area contributed by atoms with Gasteiger partial charge in [-0.05, 0) is 42.5 Å². The third kappa shape index (κ3) is 6.17. The van der Waals surface area contributed by atoms with Crippen LogP contribution in [0, 0.1) is 11.7 Å². The Balaban J connectivity index is 0.00000320. The van der Waals surface area contributed by atoms with Crippen LogP contribution in [0.3, 0.4) is 0 Å². The number of aliphatic imine (C=N–C) groups is 1. The van der Waals surface area contributed by atoms with Crippen molar-refractivity contribution in [2.45, 2.75) is 31.1 Å². The molecular formula is C23H30FIN4O. The highest BCUT2D eigenvalue weighted by atomic mass is 127. The molecule has 1 fully saturated rings. The van der Waals surface area contributed by atoms with Gasteiger partial charge in [-0.15, -0.1) is 24.0 Å². The summed E-state index contributed by atoms with van der Waals surface area (Å²) in [5.74, 6) is -0.448. The van der Waals surface area contributed by atoms with Gasteiger partial charge in [0.15, 0.2) is 5.96 Å². The van der Waals surface area contributed by atoms with Crippen LogP contribution in [-0.2, 0) is 16.6 Å². The number of halogens is 2. The summed E-state index contributed by atoms with van der Waals surface area (Å²) in [5.41, 5.74) is 7.93. The molecule has 1 atom stereocenters. The van der Waals surface area contributed by atoms with Gasteiger partial charge in [-0.3, -0.25) is 9.79 Å². The van der Waals surface area contributed by atoms with Crippen LogP contribution in [0.25, 0.3) is 0 Å². The van der Waals surface area contributed by atoms with Gasteiger partial charge >= 0.3 is 0 Å². The third-order valence-corrected chi connectivity index (χ3v) is 5.83. The Bertz CT molecular complexity index is 838. The van der Waals surface area contributed by atoms with E-state index in [1.54, 1.807) is 19.2 Å². The molecule has 7 heteroatoms. The Labute approximate surface area is 194 Å². The van der Waals surface area contributed by atoms with Crippen LogP contribution in [0.2, 0.25) is 0 Å². The van der Waals surface area contributed by atoms with Gasteiger partial charge in [-0.1, -0.05) is 48.9 Å². The van der Waals surface area contributed by atoms with E-state index in [0.717, 1.165) is 24.9 Å². The smallest absolute Gasteiger partial charge is 0.222 e. The minimum absolute atomic E-state index is 0. The number of guanidine groups is 1. The van der Waals surface area contributed by atoms with Crippen LogP contribution in [-0.4, -0.2) is 32.0 Å². The second kappa shape index (κ2) is 11.3. The maximum Gasteiger partial charge on any atom is 0.222 e. The van der Waals surface area contributed by atoms with Gasteiger partial charge in [0, 0.05) is 25.6 Å². The van der Waals surface area contributed by atoms with Crippen molar-refractivity contribution >= 4 is 35.8 Å². The van der Waals surface area contributed by atoms with Crippen molar-refractivity contribution in [2.75, 3.05) is 20.1 Å². The molecule has 2 aromatic rings. The van der Waals surface area contributed by atoms with Gasteiger partial charge < -0.3 is 16.4 Å². The Kier molecular flexibility index (Phi) is 9.08. The fraction of sp³-hybridized carbons (Fsp3) is 0.391. The molecule has 0 heterocycles. The fourth-order valence-corrected chi connectivity index (χ4v) is 3.83. The highest BCUT2D eigenvalue weighted by molar-refractivity contribution is 14.0. The van der Waals surface area contributed by atoms with Gasteiger partial charge in [-0.2, -0.15) is 0 Å². The van der Waals surface area contributed by atoms with Crippen molar-refractivity contribution in [3.05, 3.63) is 71.5 Å². The van der Waals surface area contributed by atoms with Gasteiger partial charge in [0.1, 0.15) is 5.82 Å². The van der Waals surface area contributed by atoms with E-state index >= 15 is 0 Å². The summed E-state index contributed by atoms with van der Waals surface area (Å²) in [6.45, 7) is 1.15. The maximum absolute atomic E-state index is 13.1. The normalized spacial score (nSPS) is 16.0. The summed E-state index contributed by atoms with van der Waals surface area (Å²) in [5, 5.41) is 6.63. The summed E-state index contributed by atoms with van der Waals surface area (Å²) in [7, 11) is 1.71. The summed E-state index contributed by atoms with van der Waals surface area (Å²) < 4.78 is 13.1. The predicted octanol–water partition coefficient (Wildman–Crippen LogP) is 3.37. The lowest BCUT2D eigenvalue weighted by Crippen LogP contribution is -2.50. The number of primary amides is 1. The maximum atomic E-state index is 13.1. The topological polar surface area (TPSA) is 79.5 Å². The first-order chi connectivity index (χ1) is 14.0. The number of nitrogens with zero attached hydrogens (tertiary/aromatic N) is 1. The van der Waals surface area contributed by atoms with E-state index in [-0.39, 0.29) is 35.2 Å². The lowest BCUT2D eigenvalue weighted by atomic mass is 9.64. The number of hydrogen-bond donors (Lipinski definition) is 3. The average molecular weight is 524 g/mol. The van der Waals surface area contributed by atoms with E-state index in [1.807, 2.05) is 6.07 Å². The molecule has 0 aliphatic heterocycles. The van der Waals surface area contributed by atoms with Crippen molar-refractivity contribution in [1.82, 2.24) is 10.6 Å². The molecule has 30 heavy (non-hydrogen) atoms. The van der Waals surface area contributed by atoms with E-state index < -0.39 is 11.8 Å². The number of carbonyl (C=O) groups is 1. The fourth-order valence-electron chi connectivity index (χ4n) is 3.83. The first-order valence-corrected chi connectivity index (χ1v) is 10.1. The largest absolute Gasteiger partial charge is 0.369 e. The Morgan fingerprint density at radius 3 is 2.33 bits per heavy atom. The van der Waals surface area contributed by atoms with Crippen LogP contribution in [0.4, 0.5) is 4.39 Å². The molecule has 1 amide bonds. The quantitative estimate of drug-likeness (QED) is 0.282. The standard InChI is InChI=1S/C23H29FN4O.HI/c1-26-22(28-16-23(12-5-13-23)19-6-3-2-4-7-19)27-15-18(21(25)29)14-17-8-10-20(24)11-9-17;/h2-4,6-11,18H,5,12-16H2,1H3,(H2,25,29)(H2,26,27,28);1H. The van der Waals surface area contributed by atoms with Crippen LogP contribution in [0.5, 0.6) is 0 Å². The highest BCUT2D eigenvalue weighted by Gasteiger charge is 2.38. The van der Waals surface area contributed by atoms with Gasteiger partial charge in [0.05, 0.1) is 5.92 Å². The third-order valence-electron chi connectivity index (χ3n) is 5.83. The number of benzene rings is 2. The molecule has 0 aromatic heterocycles. The van der Waals surface area contributed by atoms with Crippen LogP contribution >= 0.6 is 24.0 Å². The number of carbonyl (C=O) groups excluding carboxylic acids is 1. The zero-order chi connectivity index (χ0) is 20.7. The summed E-state index contributed by atoms with van der Waals surface area (Å²) in [4.78, 5) is 16.2. The molecule has 0 saturated heterocycles. The molecule has 1 saturated carbocycles. The molecule has 1 aliphatic carbocycles. The Hall–Kier alpha value is -2.16. The summed E-state index contributed by atoms with van der Waals surface area (Å²) >= 11 is 0. The zero-order valence-corrected chi connectivity index (χ0v) is 19.6. The highest BCUT2D eigenvalue weighted by Crippen LogP contribution is 2.43. The van der Waals surface area contributed by atoms with E-state index in [4.69, 9.17) is 5.73 Å². The molecule has 0 radical (unpaired) electrons. The van der Waals surface area contributed by atoms with E-state index in [0.29, 0.717) is 18.9 Å². The van der Waals surface area contributed by atoms with Crippen molar-refractivity contribution in [3.8, 4) is 0 Å². The zero-order valence-electron chi connectivity index (χ0n) is 17.2. The first kappa shape index (κ1) is 24.1. The molecule has 162 valence electrons. The Morgan fingerprint density at radius 2 is 1.80 bits per heavy atom. The van der Waals surface area contributed by atoms with Gasteiger partial charge in [0.2, 0.25) is 5.91 Å². The van der Waals surface area contributed by atoms with Crippen molar-refractivity contribution < 1.29 is 9.18 Å². The van der Waals surface area contributed by atoms with Crippen LogP contribution < -0.4 is 16.4 Å². The Morgan fingerprint density at radius 1 is 1.13 bits per heavy atom. The van der Waals surface area contributed by atoms with E-state index in [9.17, 15) is 9.18 Å². The van der Waals surface area contributed by atoms with Gasteiger partial charge in [-0.25, -0.2) is 4.39 Å². The molecule has 0 spiro atoms. The predicted molar refractivity (Wildman–Crippen MR) is 130 cm³/mol. The van der Waals surface area contributed by atoms with Crippen molar-refractivity contribution in [3.63, 3.8) is 0 Å². The SMILES string of the molecule is CN=C(NCC(Cc1ccc(F)cc1)C(N)=O)NCC1(c2ccccc2)CCC1.I. The number of rotatable bonds is 8. The monoisotopic (exact) mass is 524 g/mol. The van der Waals surface area contributed by atoms with E-state index in [1.165, 1.54) is 24.1 Å². The molecule has 2 aromatic carbocycles. The number of nitrogens with one attached hydrogen (secondary N) is 2. The second-order valence-electron chi connectivity index (χ2n) is 7.74. The molecule has 1 aliphatic rings. The summed E-state index contributed by atoms with van der Waals surface area (Å²) in [6, 6.07) is 16.7. The molecule has 4 N–H and O–H groups in total. The van der Waals surface area contributed by atoms with Crippen LogP contribution in [0.1, 0.15) is 30.4 Å². The minimum Gasteiger partial charge on any atom is -0.369 e. The summed E-state index contributed by atoms with van der Waals surface area (Å²) in [6.07, 6.45) is 3.97. The number of amides is 1. The lowest BCUT2D eigenvalue weighted by Gasteiger charge is -2.43. The number of hydrogen-bond acceptors (Lipinski definition) is 2.